The number of nitrogens with zero attached hydrogens (tertiary/aromatic N) is 2. The molecular weight excluding hydrogens is 375 g/mol. The number of carboxylic acids is 1. The quantitative estimate of drug-likeness (QED) is 0.627. The van der Waals surface area contributed by atoms with Crippen molar-refractivity contribution in [2.45, 2.75) is 19.6 Å². The number of hydrogen-bond donors (Lipinski definition) is 1. The highest BCUT2D eigenvalue weighted by Gasteiger charge is 2.14. The van der Waals surface area contributed by atoms with Gasteiger partial charge >= 0.3 is 5.97 Å². The zero-order valence-corrected chi connectivity index (χ0v) is 15.3. The number of aromatic carboxylic acids is 1. The number of benzene rings is 2. The molecule has 0 saturated heterocycles. The molecule has 3 rings (SSSR count). The normalized spacial score (nSPS) is 11.0. The average molecular weight is 391 g/mol. The van der Waals surface area contributed by atoms with E-state index < -0.39 is 5.97 Å². The molecule has 0 unspecified atom stereocenters. The molecule has 1 N–H and O–H groups in total. The summed E-state index contributed by atoms with van der Waals surface area (Å²) in [7, 11) is 0. The molecule has 0 bridgehead atoms. The highest BCUT2D eigenvalue weighted by atomic mass is 35.5. The van der Waals surface area contributed by atoms with Crippen molar-refractivity contribution in [1.29, 1.82) is 0 Å². The summed E-state index contributed by atoms with van der Waals surface area (Å²) < 4.78 is 13.1. The van der Waals surface area contributed by atoms with Gasteiger partial charge in [-0.05, 0) is 35.4 Å². The summed E-state index contributed by atoms with van der Waals surface area (Å²) in [5.41, 5.74) is 2.05. The lowest BCUT2D eigenvalue weighted by Gasteiger charge is -2.21. The molecule has 0 aliphatic carbocycles. The Balaban J connectivity index is 1.79. The van der Waals surface area contributed by atoms with Crippen molar-refractivity contribution < 1.29 is 14.3 Å². The van der Waals surface area contributed by atoms with Crippen molar-refractivity contribution in [3.8, 4) is 0 Å². The molecule has 0 aliphatic rings. The van der Waals surface area contributed by atoms with Gasteiger partial charge in [-0.1, -0.05) is 35.9 Å². The molecule has 0 spiro atoms. The number of carboxylic acid groups (broad SMARTS) is 1. The Kier molecular flexibility index (Phi) is 5.98. The van der Waals surface area contributed by atoms with Crippen LogP contribution >= 0.6 is 22.9 Å². The summed E-state index contributed by atoms with van der Waals surface area (Å²) in [5, 5.41) is 11.9. The average Bonchev–Trinajstić information content (AvgIpc) is 3.06. The fourth-order valence-electron chi connectivity index (χ4n) is 2.58. The number of carbonyl (C=O) groups is 1. The van der Waals surface area contributed by atoms with Gasteiger partial charge in [-0.3, -0.25) is 4.90 Å². The van der Waals surface area contributed by atoms with Crippen LogP contribution in [-0.4, -0.2) is 21.0 Å². The van der Waals surface area contributed by atoms with E-state index in [1.807, 2.05) is 24.3 Å². The highest BCUT2D eigenvalue weighted by molar-refractivity contribution is 7.09. The van der Waals surface area contributed by atoms with Crippen LogP contribution in [0.5, 0.6) is 0 Å². The number of thiazole rings is 1. The van der Waals surface area contributed by atoms with Crippen LogP contribution in [0.4, 0.5) is 4.39 Å². The topological polar surface area (TPSA) is 53.4 Å². The van der Waals surface area contributed by atoms with E-state index in [-0.39, 0.29) is 11.5 Å². The second-order valence-corrected chi connectivity index (χ2v) is 7.21. The third-order valence-electron chi connectivity index (χ3n) is 3.74. The van der Waals surface area contributed by atoms with Gasteiger partial charge in [0.2, 0.25) is 0 Å². The Morgan fingerprint density at radius 2 is 1.85 bits per heavy atom. The lowest BCUT2D eigenvalue weighted by Crippen LogP contribution is -2.22. The minimum atomic E-state index is -1.03. The van der Waals surface area contributed by atoms with Crippen LogP contribution in [-0.2, 0) is 19.6 Å². The number of halogens is 2. The van der Waals surface area contributed by atoms with Crippen molar-refractivity contribution in [2.75, 3.05) is 0 Å². The first-order valence-electron chi connectivity index (χ1n) is 7.88. The molecule has 0 atom stereocenters. The Labute approximate surface area is 159 Å². The minimum absolute atomic E-state index is 0.0505. The van der Waals surface area contributed by atoms with E-state index >= 15 is 0 Å². The van der Waals surface area contributed by atoms with Crippen molar-refractivity contribution in [1.82, 2.24) is 9.88 Å². The van der Waals surface area contributed by atoms with Crippen molar-refractivity contribution in [2.24, 2.45) is 0 Å². The summed E-state index contributed by atoms with van der Waals surface area (Å²) in [6, 6.07) is 13.9. The van der Waals surface area contributed by atoms with Gasteiger partial charge in [-0.2, -0.15) is 0 Å². The molecule has 3 aromatic rings. The van der Waals surface area contributed by atoms with Crippen molar-refractivity contribution in [3.05, 3.63) is 86.6 Å². The SMILES string of the molecule is O=C(O)c1csc(CN(Cc2ccc(F)cc2)Cc2cccc(Cl)c2)n1. The van der Waals surface area contributed by atoms with Gasteiger partial charge in [0.25, 0.3) is 0 Å². The Morgan fingerprint density at radius 3 is 2.50 bits per heavy atom. The first-order valence-corrected chi connectivity index (χ1v) is 9.14. The van der Waals surface area contributed by atoms with Gasteiger partial charge in [0.05, 0.1) is 6.54 Å². The number of hydrogen-bond acceptors (Lipinski definition) is 4. The van der Waals surface area contributed by atoms with Crippen LogP contribution in [0.25, 0.3) is 0 Å². The largest absolute Gasteiger partial charge is 0.476 e. The minimum Gasteiger partial charge on any atom is -0.476 e. The van der Waals surface area contributed by atoms with Gasteiger partial charge in [0.15, 0.2) is 5.69 Å². The van der Waals surface area contributed by atoms with Crippen LogP contribution in [0.2, 0.25) is 5.02 Å². The van der Waals surface area contributed by atoms with Crippen LogP contribution < -0.4 is 0 Å². The summed E-state index contributed by atoms with van der Waals surface area (Å²) in [6.45, 7) is 1.68. The van der Waals surface area contributed by atoms with E-state index in [0.29, 0.717) is 29.7 Å². The maximum absolute atomic E-state index is 13.1. The molecule has 134 valence electrons. The summed E-state index contributed by atoms with van der Waals surface area (Å²) >= 11 is 7.38. The third-order valence-corrected chi connectivity index (χ3v) is 4.81. The maximum Gasteiger partial charge on any atom is 0.355 e. The first-order chi connectivity index (χ1) is 12.5. The van der Waals surface area contributed by atoms with Gasteiger partial charge < -0.3 is 5.11 Å². The first kappa shape index (κ1) is 18.5. The molecule has 0 aliphatic heterocycles. The molecule has 1 heterocycles. The van der Waals surface area contributed by atoms with Crippen LogP contribution in [0.1, 0.15) is 26.6 Å². The zero-order chi connectivity index (χ0) is 18.5. The molecule has 0 radical (unpaired) electrons. The molecule has 26 heavy (non-hydrogen) atoms. The number of aromatic nitrogens is 1. The van der Waals surface area contributed by atoms with E-state index in [2.05, 4.69) is 9.88 Å². The lowest BCUT2D eigenvalue weighted by atomic mass is 10.1. The highest BCUT2D eigenvalue weighted by Crippen LogP contribution is 2.19. The maximum atomic E-state index is 13.1. The molecule has 7 heteroatoms. The van der Waals surface area contributed by atoms with E-state index in [1.54, 1.807) is 12.1 Å². The zero-order valence-electron chi connectivity index (χ0n) is 13.7. The van der Waals surface area contributed by atoms with E-state index in [9.17, 15) is 9.18 Å². The lowest BCUT2D eigenvalue weighted by molar-refractivity contribution is 0.0691. The van der Waals surface area contributed by atoms with Gasteiger partial charge in [-0.15, -0.1) is 11.3 Å². The summed E-state index contributed by atoms with van der Waals surface area (Å²) in [5.74, 6) is -1.31. The molecule has 0 fully saturated rings. The molecular formula is C19H16ClFN2O2S. The number of rotatable bonds is 7. The van der Waals surface area contributed by atoms with Gasteiger partial charge in [0, 0.05) is 23.5 Å². The smallest absolute Gasteiger partial charge is 0.355 e. The fourth-order valence-corrected chi connectivity index (χ4v) is 3.60. The Bertz CT molecular complexity index is 899. The fraction of sp³-hybridized carbons (Fsp3) is 0.158. The van der Waals surface area contributed by atoms with Gasteiger partial charge in [0.1, 0.15) is 10.8 Å². The molecule has 0 saturated carbocycles. The summed E-state index contributed by atoms with van der Waals surface area (Å²) in [6.07, 6.45) is 0. The molecule has 0 amide bonds. The predicted molar refractivity (Wildman–Crippen MR) is 99.9 cm³/mol. The monoisotopic (exact) mass is 390 g/mol. The van der Waals surface area contributed by atoms with Crippen LogP contribution in [0, 0.1) is 5.82 Å². The molecule has 2 aromatic carbocycles. The second-order valence-electron chi connectivity index (χ2n) is 5.83. The van der Waals surface area contributed by atoms with Gasteiger partial charge in [-0.25, -0.2) is 14.2 Å². The summed E-state index contributed by atoms with van der Waals surface area (Å²) in [4.78, 5) is 17.3. The molecule has 4 nitrogen and oxygen atoms in total. The van der Waals surface area contributed by atoms with E-state index in [0.717, 1.165) is 11.1 Å². The second kappa shape index (κ2) is 8.40. The van der Waals surface area contributed by atoms with Crippen molar-refractivity contribution in [3.63, 3.8) is 0 Å². The van der Waals surface area contributed by atoms with Crippen LogP contribution in [0.3, 0.4) is 0 Å². The standard InChI is InChI=1S/C19H16ClFN2O2S/c20-15-3-1-2-14(8-15)10-23(9-13-4-6-16(21)7-5-13)11-18-22-17(12-26-18)19(24)25/h1-8,12H,9-11H2,(H,24,25). The Morgan fingerprint density at radius 1 is 1.12 bits per heavy atom. The predicted octanol–water partition coefficient (Wildman–Crippen LogP) is 4.84. The van der Waals surface area contributed by atoms with Crippen molar-refractivity contribution >= 4 is 28.9 Å². The van der Waals surface area contributed by atoms with E-state index in [4.69, 9.17) is 16.7 Å². The third kappa shape index (κ3) is 5.11. The van der Waals surface area contributed by atoms with E-state index in [1.165, 1.54) is 28.8 Å². The van der Waals surface area contributed by atoms with Crippen LogP contribution in [0.15, 0.2) is 53.9 Å². The Hall–Kier alpha value is -2.28. The molecule has 1 aromatic heterocycles.